The van der Waals surface area contributed by atoms with Gasteiger partial charge in [0.05, 0.1) is 0 Å². The van der Waals surface area contributed by atoms with Gasteiger partial charge in [0.1, 0.15) is 0 Å². The molecule has 1 aliphatic carbocycles. The molecule has 8 heteroatoms. The molecule has 0 spiro atoms. The molecule has 3 rings (SSSR count). The Balaban J connectivity index is 0.000000449. The Labute approximate surface area is 196 Å². The Morgan fingerprint density at radius 1 is 1.12 bits per heavy atom. The van der Waals surface area contributed by atoms with Crippen LogP contribution in [0.3, 0.4) is 0 Å². The fourth-order valence-corrected chi connectivity index (χ4v) is 3.97. The number of carbonyl (C=O) groups is 2. The molecule has 2 fully saturated rings. The number of halogens is 3. The van der Waals surface area contributed by atoms with Crippen molar-refractivity contribution >= 4 is 12.3 Å². The van der Waals surface area contributed by atoms with Gasteiger partial charge in [-0.1, -0.05) is 37.6 Å². The van der Waals surface area contributed by atoms with Crippen LogP contribution in [0.25, 0.3) is 0 Å². The zero-order valence-corrected chi connectivity index (χ0v) is 20.0. The topological polar surface area (TPSA) is 70.2 Å². The van der Waals surface area contributed by atoms with Gasteiger partial charge in [0.25, 0.3) is 0 Å². The second kappa shape index (κ2) is 16.5. The number of nitrogens with one attached hydrogen (secondary N) is 3. The number of aryl methyl sites for hydroxylation is 1. The molecule has 1 aliphatic heterocycles. The number of carbonyl (C=O) groups excluding carboxylic acids is 2. The van der Waals surface area contributed by atoms with E-state index in [1.54, 1.807) is 0 Å². The lowest BCUT2D eigenvalue weighted by Gasteiger charge is -2.27. The zero-order chi connectivity index (χ0) is 24.5. The number of hydrogen-bond acceptors (Lipinski definition) is 3. The lowest BCUT2D eigenvalue weighted by Crippen LogP contribution is -2.33. The van der Waals surface area contributed by atoms with Crippen LogP contribution < -0.4 is 16.0 Å². The average Bonchev–Trinajstić information content (AvgIpc) is 3.34. The Hall–Kier alpha value is -2.09. The molecule has 1 saturated heterocycles. The highest BCUT2D eigenvalue weighted by atomic mass is 19.4. The molecule has 1 heterocycles. The van der Waals surface area contributed by atoms with Gasteiger partial charge in [-0.15, -0.1) is 0 Å². The van der Waals surface area contributed by atoms with Crippen LogP contribution in [0.2, 0.25) is 0 Å². The number of hydrogen-bond donors (Lipinski definition) is 3. The van der Waals surface area contributed by atoms with Crippen LogP contribution in [0.15, 0.2) is 24.3 Å². The molecular formula is C25H40F3N3O2. The van der Waals surface area contributed by atoms with Crippen molar-refractivity contribution in [3.8, 4) is 0 Å². The van der Waals surface area contributed by atoms with Gasteiger partial charge in [-0.2, -0.15) is 13.2 Å². The zero-order valence-electron chi connectivity index (χ0n) is 20.0. The second-order valence-electron chi connectivity index (χ2n) is 8.79. The molecule has 0 unspecified atom stereocenters. The highest BCUT2D eigenvalue weighted by Gasteiger charge is 2.22. The number of alkyl halides is 3. The van der Waals surface area contributed by atoms with Gasteiger partial charge >= 0.3 is 6.18 Å². The van der Waals surface area contributed by atoms with E-state index in [-0.39, 0.29) is 12.8 Å². The predicted octanol–water partition coefficient (Wildman–Crippen LogP) is 4.89. The summed E-state index contributed by atoms with van der Waals surface area (Å²) in [4.78, 5) is 22.6. The van der Waals surface area contributed by atoms with E-state index in [2.05, 4.69) is 47.1 Å². The van der Waals surface area contributed by atoms with Crippen molar-refractivity contribution in [2.45, 2.75) is 90.4 Å². The van der Waals surface area contributed by atoms with E-state index in [1.165, 1.54) is 37.1 Å². The minimum atomic E-state index is -4.00. The first-order valence-corrected chi connectivity index (χ1v) is 12.0. The van der Waals surface area contributed by atoms with Crippen LogP contribution in [0, 0.1) is 5.92 Å². The van der Waals surface area contributed by atoms with E-state index in [9.17, 15) is 22.8 Å². The summed E-state index contributed by atoms with van der Waals surface area (Å²) in [7, 11) is 0. The Morgan fingerprint density at radius 2 is 1.73 bits per heavy atom. The van der Waals surface area contributed by atoms with Crippen molar-refractivity contribution in [3.63, 3.8) is 0 Å². The van der Waals surface area contributed by atoms with Crippen molar-refractivity contribution in [2.75, 3.05) is 13.1 Å². The molecule has 2 aliphatic rings. The van der Waals surface area contributed by atoms with Crippen LogP contribution >= 0.6 is 0 Å². The maximum absolute atomic E-state index is 12.1. The fourth-order valence-electron chi connectivity index (χ4n) is 3.97. The van der Waals surface area contributed by atoms with Crippen LogP contribution in [0.5, 0.6) is 0 Å². The van der Waals surface area contributed by atoms with Gasteiger partial charge < -0.3 is 16.0 Å². The van der Waals surface area contributed by atoms with Crippen LogP contribution in [-0.4, -0.2) is 37.6 Å². The number of benzene rings is 1. The quantitative estimate of drug-likeness (QED) is 0.473. The molecule has 1 aromatic rings. The van der Waals surface area contributed by atoms with Gasteiger partial charge in [0.2, 0.25) is 12.3 Å². The highest BCUT2D eigenvalue weighted by Crippen LogP contribution is 2.26. The van der Waals surface area contributed by atoms with E-state index in [0.29, 0.717) is 24.9 Å². The van der Waals surface area contributed by atoms with Crippen molar-refractivity contribution in [3.05, 3.63) is 35.4 Å². The predicted molar refractivity (Wildman–Crippen MR) is 126 cm³/mol. The normalized spacial score (nSPS) is 19.9. The van der Waals surface area contributed by atoms with Crippen LogP contribution in [-0.2, 0) is 22.6 Å². The van der Waals surface area contributed by atoms with Crippen molar-refractivity contribution in [2.24, 2.45) is 5.92 Å². The molecule has 0 atom stereocenters. The molecule has 1 saturated carbocycles. The van der Waals surface area contributed by atoms with Gasteiger partial charge in [-0.3, -0.25) is 9.59 Å². The smallest absolute Gasteiger partial charge is 0.356 e. The van der Waals surface area contributed by atoms with Crippen molar-refractivity contribution < 1.29 is 22.8 Å². The molecule has 0 bridgehead atoms. The first-order valence-electron chi connectivity index (χ1n) is 12.0. The minimum Gasteiger partial charge on any atom is -0.356 e. The van der Waals surface area contributed by atoms with Crippen LogP contribution in [0.4, 0.5) is 13.2 Å². The van der Waals surface area contributed by atoms with E-state index in [1.807, 2.05) is 0 Å². The summed E-state index contributed by atoms with van der Waals surface area (Å²) in [6.07, 6.45) is 6.38. The summed E-state index contributed by atoms with van der Waals surface area (Å²) in [6, 6.07) is 8.75. The standard InChI is InChI=1S/C19H28N2O2.C4H9N.C2H3F3/c1-2-4-15-5-3-6-17(11-15)13-20-19(23)12-16-7-9-18(10-8-16)21-14-22;1-2-4-5-3-1;1-2(3,4)5/h3,5-6,11,14,16,18H,2,4,7-10,12-13H2,1H3,(H,20,23)(H,21,22);5H,1-4H2;1H3. The lowest BCUT2D eigenvalue weighted by molar-refractivity contribution is -0.122. The van der Waals surface area contributed by atoms with Gasteiger partial charge in [-0.05, 0) is 75.1 Å². The minimum absolute atomic E-state index is 0.137. The summed E-state index contributed by atoms with van der Waals surface area (Å²) >= 11 is 0. The Bertz CT molecular complexity index is 657. The third-order valence-electron chi connectivity index (χ3n) is 5.60. The molecule has 33 heavy (non-hydrogen) atoms. The first-order chi connectivity index (χ1) is 15.7. The summed E-state index contributed by atoms with van der Waals surface area (Å²) in [5, 5.41) is 9.10. The maximum Gasteiger partial charge on any atom is 0.386 e. The molecular weight excluding hydrogens is 431 g/mol. The number of rotatable bonds is 8. The van der Waals surface area contributed by atoms with Crippen molar-refractivity contribution in [1.29, 1.82) is 0 Å². The van der Waals surface area contributed by atoms with E-state index >= 15 is 0 Å². The number of amides is 2. The third kappa shape index (κ3) is 16.2. The van der Waals surface area contributed by atoms with Gasteiger partial charge in [0.15, 0.2) is 0 Å². The molecule has 1 aromatic carbocycles. The summed E-state index contributed by atoms with van der Waals surface area (Å²) < 4.78 is 31.1. The largest absolute Gasteiger partial charge is 0.386 e. The van der Waals surface area contributed by atoms with Gasteiger partial charge in [-0.25, -0.2) is 0 Å². The molecule has 2 amide bonds. The summed E-state index contributed by atoms with van der Waals surface area (Å²) in [5.74, 6) is 0.587. The fraction of sp³-hybridized carbons (Fsp3) is 0.680. The molecule has 5 nitrogen and oxygen atoms in total. The Morgan fingerprint density at radius 3 is 2.24 bits per heavy atom. The van der Waals surface area contributed by atoms with E-state index < -0.39 is 6.18 Å². The lowest BCUT2D eigenvalue weighted by atomic mass is 9.84. The third-order valence-corrected chi connectivity index (χ3v) is 5.60. The summed E-state index contributed by atoms with van der Waals surface area (Å²) in [6.45, 7) is 5.47. The van der Waals surface area contributed by atoms with Crippen LogP contribution in [0.1, 0.15) is 76.3 Å². The monoisotopic (exact) mass is 471 g/mol. The SMILES string of the molecule is C1CCNC1.CC(F)(F)F.CCCc1cccc(CNC(=O)CC2CCC(NC=O)CC2)c1. The second-order valence-corrected chi connectivity index (χ2v) is 8.79. The van der Waals surface area contributed by atoms with E-state index in [0.717, 1.165) is 44.9 Å². The first kappa shape index (κ1) is 28.9. The van der Waals surface area contributed by atoms with Crippen molar-refractivity contribution in [1.82, 2.24) is 16.0 Å². The maximum atomic E-state index is 12.1. The highest BCUT2D eigenvalue weighted by molar-refractivity contribution is 5.76. The average molecular weight is 472 g/mol. The molecule has 0 aromatic heterocycles. The molecule has 0 radical (unpaired) electrons. The molecule has 3 N–H and O–H groups in total. The summed E-state index contributed by atoms with van der Waals surface area (Å²) in [5.41, 5.74) is 2.50. The van der Waals surface area contributed by atoms with E-state index in [4.69, 9.17) is 0 Å². The molecule has 188 valence electrons. The van der Waals surface area contributed by atoms with Gasteiger partial charge in [0, 0.05) is 25.9 Å². The Kier molecular flexibility index (Phi) is 14.5.